The van der Waals surface area contributed by atoms with Crippen molar-refractivity contribution in [3.05, 3.63) is 12.7 Å². The van der Waals surface area contributed by atoms with Crippen molar-refractivity contribution in [2.24, 2.45) is 11.8 Å². The lowest BCUT2D eigenvalue weighted by atomic mass is 9.71. The van der Waals surface area contributed by atoms with Crippen LogP contribution >= 0.6 is 0 Å². The van der Waals surface area contributed by atoms with E-state index in [1.807, 2.05) is 6.08 Å². The molecule has 1 nitrogen and oxygen atoms in total. The molecule has 0 spiro atoms. The van der Waals surface area contributed by atoms with E-state index in [-0.39, 0.29) is 0 Å². The van der Waals surface area contributed by atoms with Crippen molar-refractivity contribution in [2.45, 2.75) is 45.6 Å². The molecule has 76 valence electrons. The van der Waals surface area contributed by atoms with Gasteiger partial charge in [0.1, 0.15) is 0 Å². The molecular formula is C12H23N. The molecule has 0 aromatic heterocycles. The molecule has 1 aliphatic rings. The summed E-state index contributed by atoms with van der Waals surface area (Å²) in [6.07, 6.45) is 7.47. The minimum Gasteiger partial charge on any atom is -0.314 e. The topological polar surface area (TPSA) is 12.0 Å². The quantitative estimate of drug-likeness (QED) is 0.621. The minimum absolute atomic E-state index is 0.639. The Morgan fingerprint density at radius 2 is 2.08 bits per heavy atom. The molecule has 0 radical (unpaired) electrons. The van der Waals surface area contributed by atoms with E-state index in [1.54, 1.807) is 0 Å². The van der Waals surface area contributed by atoms with Crippen LogP contribution in [0.1, 0.15) is 39.5 Å². The molecule has 0 aromatic rings. The fourth-order valence-electron chi connectivity index (χ4n) is 2.01. The molecule has 0 amide bonds. The van der Waals surface area contributed by atoms with Crippen LogP contribution in [0.25, 0.3) is 0 Å². The molecule has 1 heteroatoms. The number of allylic oxidation sites excluding steroid dienone is 1. The largest absolute Gasteiger partial charge is 0.314 e. The predicted molar refractivity (Wildman–Crippen MR) is 58.8 cm³/mol. The Morgan fingerprint density at radius 3 is 2.54 bits per heavy atom. The maximum absolute atomic E-state index is 3.77. The van der Waals surface area contributed by atoms with Gasteiger partial charge in [0.05, 0.1) is 0 Å². The van der Waals surface area contributed by atoms with E-state index in [1.165, 1.54) is 32.2 Å². The number of nitrogens with one attached hydrogen (secondary N) is 1. The lowest BCUT2D eigenvalue weighted by molar-refractivity contribution is 0.158. The van der Waals surface area contributed by atoms with Crippen LogP contribution in [0.2, 0.25) is 0 Å². The minimum atomic E-state index is 0.639. The van der Waals surface area contributed by atoms with E-state index >= 15 is 0 Å². The molecular weight excluding hydrogens is 158 g/mol. The van der Waals surface area contributed by atoms with Gasteiger partial charge in [-0.15, -0.1) is 6.58 Å². The molecule has 13 heavy (non-hydrogen) atoms. The van der Waals surface area contributed by atoms with Gasteiger partial charge in [-0.2, -0.15) is 0 Å². The molecule has 1 aliphatic carbocycles. The molecule has 1 rings (SSSR count). The summed E-state index contributed by atoms with van der Waals surface area (Å²) in [7, 11) is 0. The summed E-state index contributed by atoms with van der Waals surface area (Å²) in [6.45, 7) is 9.44. The second-order valence-electron chi connectivity index (χ2n) is 4.53. The molecule has 0 heterocycles. The summed E-state index contributed by atoms with van der Waals surface area (Å²) in [6, 6.07) is 0.639. The van der Waals surface area contributed by atoms with Crippen LogP contribution in [0.15, 0.2) is 12.7 Å². The highest BCUT2D eigenvalue weighted by molar-refractivity contribution is 4.84. The van der Waals surface area contributed by atoms with Crippen LogP contribution in [-0.4, -0.2) is 12.6 Å². The van der Waals surface area contributed by atoms with Gasteiger partial charge in [0.2, 0.25) is 0 Å². The predicted octanol–water partition coefficient (Wildman–Crippen LogP) is 2.98. The van der Waals surface area contributed by atoms with Gasteiger partial charge in [0.15, 0.2) is 0 Å². The number of hydrogen-bond donors (Lipinski definition) is 1. The summed E-state index contributed by atoms with van der Waals surface area (Å²) >= 11 is 0. The first kappa shape index (κ1) is 10.8. The Bertz CT molecular complexity index is 151. The Labute approximate surface area is 82.6 Å². The highest BCUT2D eigenvalue weighted by Crippen LogP contribution is 2.37. The van der Waals surface area contributed by atoms with E-state index in [0.717, 1.165) is 11.8 Å². The van der Waals surface area contributed by atoms with E-state index in [4.69, 9.17) is 0 Å². The molecule has 0 saturated heterocycles. The van der Waals surface area contributed by atoms with Gasteiger partial charge < -0.3 is 5.32 Å². The van der Waals surface area contributed by atoms with Gasteiger partial charge in [-0.1, -0.05) is 19.9 Å². The molecule has 1 N–H and O–H groups in total. The van der Waals surface area contributed by atoms with Crippen molar-refractivity contribution in [2.75, 3.05) is 6.54 Å². The molecule has 0 bridgehead atoms. The maximum atomic E-state index is 3.77. The zero-order chi connectivity index (χ0) is 9.68. The summed E-state index contributed by atoms with van der Waals surface area (Å²) in [5, 5.41) is 3.53. The fraction of sp³-hybridized carbons (Fsp3) is 0.833. The van der Waals surface area contributed by atoms with Crippen molar-refractivity contribution in [3.8, 4) is 0 Å². The first-order valence-electron chi connectivity index (χ1n) is 5.58. The molecule has 0 aliphatic heterocycles. The molecule has 1 fully saturated rings. The Morgan fingerprint density at radius 1 is 1.38 bits per heavy atom. The standard InChI is InChI=1S/C12H23N/c1-4-5-6-11-7-8-12(11)9-13-10(2)3/h4,10-13H,1,5-9H2,2-3H3. The SMILES string of the molecule is C=CCCC1CCC1CNC(C)C. The van der Waals surface area contributed by atoms with E-state index < -0.39 is 0 Å². The lowest BCUT2D eigenvalue weighted by Crippen LogP contribution is -2.37. The third-order valence-corrected chi connectivity index (χ3v) is 3.10. The van der Waals surface area contributed by atoms with Crippen LogP contribution in [-0.2, 0) is 0 Å². The highest BCUT2D eigenvalue weighted by Gasteiger charge is 2.29. The van der Waals surface area contributed by atoms with Crippen LogP contribution in [0.5, 0.6) is 0 Å². The molecule has 1 saturated carbocycles. The van der Waals surface area contributed by atoms with Crippen LogP contribution in [0, 0.1) is 11.8 Å². The fourth-order valence-corrected chi connectivity index (χ4v) is 2.01. The second-order valence-corrected chi connectivity index (χ2v) is 4.53. The van der Waals surface area contributed by atoms with Crippen molar-refractivity contribution >= 4 is 0 Å². The first-order valence-corrected chi connectivity index (χ1v) is 5.58. The van der Waals surface area contributed by atoms with Gasteiger partial charge >= 0.3 is 0 Å². The van der Waals surface area contributed by atoms with Crippen molar-refractivity contribution in [3.63, 3.8) is 0 Å². The first-order chi connectivity index (χ1) is 6.24. The Hall–Kier alpha value is -0.300. The monoisotopic (exact) mass is 181 g/mol. The summed E-state index contributed by atoms with van der Waals surface area (Å²) < 4.78 is 0. The smallest absolute Gasteiger partial charge is 0.00104 e. The van der Waals surface area contributed by atoms with Crippen molar-refractivity contribution < 1.29 is 0 Å². The summed E-state index contributed by atoms with van der Waals surface area (Å²) in [4.78, 5) is 0. The Kier molecular flexibility index (Phi) is 4.51. The highest BCUT2D eigenvalue weighted by atomic mass is 14.9. The van der Waals surface area contributed by atoms with Crippen LogP contribution in [0.3, 0.4) is 0 Å². The van der Waals surface area contributed by atoms with E-state index in [2.05, 4.69) is 25.7 Å². The van der Waals surface area contributed by atoms with Gasteiger partial charge in [-0.05, 0) is 44.1 Å². The lowest BCUT2D eigenvalue weighted by Gasteiger charge is -2.37. The maximum Gasteiger partial charge on any atom is 0.00104 e. The number of rotatable bonds is 6. The third-order valence-electron chi connectivity index (χ3n) is 3.10. The zero-order valence-corrected chi connectivity index (χ0v) is 9.05. The van der Waals surface area contributed by atoms with E-state index in [0.29, 0.717) is 6.04 Å². The summed E-state index contributed by atoms with van der Waals surface area (Å²) in [5.41, 5.74) is 0. The third kappa shape index (κ3) is 3.51. The van der Waals surface area contributed by atoms with Crippen LogP contribution < -0.4 is 5.32 Å². The molecule has 0 aromatic carbocycles. The average Bonchev–Trinajstić information content (AvgIpc) is 2.03. The molecule has 2 atom stereocenters. The molecule has 2 unspecified atom stereocenters. The van der Waals surface area contributed by atoms with E-state index in [9.17, 15) is 0 Å². The zero-order valence-electron chi connectivity index (χ0n) is 9.05. The van der Waals surface area contributed by atoms with Gasteiger partial charge in [-0.3, -0.25) is 0 Å². The van der Waals surface area contributed by atoms with Gasteiger partial charge in [0, 0.05) is 6.04 Å². The van der Waals surface area contributed by atoms with Gasteiger partial charge in [-0.25, -0.2) is 0 Å². The van der Waals surface area contributed by atoms with Crippen LogP contribution in [0.4, 0.5) is 0 Å². The summed E-state index contributed by atoms with van der Waals surface area (Å²) in [5.74, 6) is 1.92. The second kappa shape index (κ2) is 5.43. The van der Waals surface area contributed by atoms with Crippen molar-refractivity contribution in [1.29, 1.82) is 0 Å². The average molecular weight is 181 g/mol. The van der Waals surface area contributed by atoms with Gasteiger partial charge in [0.25, 0.3) is 0 Å². The van der Waals surface area contributed by atoms with Crippen molar-refractivity contribution in [1.82, 2.24) is 5.32 Å². The Balaban J connectivity index is 2.09. The number of hydrogen-bond acceptors (Lipinski definition) is 1. The normalized spacial score (nSPS) is 27.3.